The lowest BCUT2D eigenvalue weighted by Crippen LogP contribution is -2.56. The van der Waals surface area contributed by atoms with Gasteiger partial charge < -0.3 is 5.11 Å². The number of hydrogen-bond donors (Lipinski definition) is 1. The Morgan fingerprint density at radius 3 is 1.73 bits per heavy atom. The molecule has 7 heteroatoms. The minimum Gasteiger partial charge on any atom is -0.374 e. The second-order valence-corrected chi connectivity index (χ2v) is 4.63. The first-order chi connectivity index (χ1) is 10.1. The van der Waals surface area contributed by atoms with Crippen molar-refractivity contribution in [1.82, 2.24) is 0 Å². The summed E-state index contributed by atoms with van der Waals surface area (Å²) < 4.78 is 80.2. The van der Waals surface area contributed by atoms with E-state index in [1.165, 1.54) is 18.2 Å². The van der Waals surface area contributed by atoms with Gasteiger partial charge in [0, 0.05) is 5.56 Å². The zero-order valence-corrected chi connectivity index (χ0v) is 10.9. The van der Waals surface area contributed by atoms with Crippen LogP contribution in [0.3, 0.4) is 0 Å². The Labute approximate surface area is 121 Å². The third-order valence-electron chi connectivity index (χ3n) is 3.27. The third-order valence-corrected chi connectivity index (χ3v) is 3.27. The summed E-state index contributed by atoms with van der Waals surface area (Å²) in [6.07, 6.45) is -6.07. The van der Waals surface area contributed by atoms with Crippen LogP contribution in [0.5, 0.6) is 0 Å². The van der Waals surface area contributed by atoms with Crippen LogP contribution in [0.25, 0.3) is 0 Å². The number of hydrogen-bond acceptors (Lipinski definition) is 1. The lowest BCUT2D eigenvalue weighted by atomic mass is 9.80. The van der Waals surface area contributed by atoms with Gasteiger partial charge in [0.1, 0.15) is 5.82 Å². The smallest absolute Gasteiger partial charge is 0.374 e. The van der Waals surface area contributed by atoms with E-state index < -0.39 is 34.6 Å². The molecule has 0 fully saturated rings. The molecule has 118 valence electrons. The Kier molecular flexibility index (Phi) is 3.95. The van der Waals surface area contributed by atoms with Gasteiger partial charge in [0.15, 0.2) is 5.60 Å². The largest absolute Gasteiger partial charge is 0.457 e. The highest BCUT2D eigenvalue weighted by atomic mass is 19.4. The molecule has 0 aromatic heterocycles. The van der Waals surface area contributed by atoms with Crippen LogP contribution in [0.15, 0.2) is 54.6 Å². The lowest BCUT2D eigenvalue weighted by molar-refractivity contribution is -0.337. The molecule has 2 aromatic carbocycles. The lowest BCUT2D eigenvalue weighted by Gasteiger charge is -2.37. The van der Waals surface area contributed by atoms with Gasteiger partial charge in [-0.15, -0.1) is 0 Å². The molecular weight excluding hydrogens is 310 g/mol. The van der Waals surface area contributed by atoms with E-state index in [0.717, 1.165) is 24.3 Å². The molecule has 2 rings (SSSR count). The van der Waals surface area contributed by atoms with Gasteiger partial charge in [-0.3, -0.25) is 0 Å². The molecule has 1 unspecified atom stereocenters. The Balaban J connectivity index is 2.80. The summed E-state index contributed by atoms with van der Waals surface area (Å²) in [5.74, 6) is -6.96. The average Bonchev–Trinajstić information content (AvgIpc) is 2.46. The fraction of sp³-hybridized carbons (Fsp3) is 0.200. The topological polar surface area (TPSA) is 20.2 Å². The fourth-order valence-corrected chi connectivity index (χ4v) is 2.15. The van der Waals surface area contributed by atoms with Gasteiger partial charge in [0.05, 0.1) is 0 Å². The van der Waals surface area contributed by atoms with Crippen molar-refractivity contribution in [3.8, 4) is 0 Å². The Bertz CT molecular complexity index is 653. The summed E-state index contributed by atoms with van der Waals surface area (Å²) in [7, 11) is 0. The summed E-state index contributed by atoms with van der Waals surface area (Å²) in [5, 5.41) is 10.3. The van der Waals surface area contributed by atoms with Gasteiger partial charge in [-0.25, -0.2) is 4.39 Å². The molecule has 2 aromatic rings. The van der Waals surface area contributed by atoms with Gasteiger partial charge in [-0.2, -0.15) is 22.0 Å². The van der Waals surface area contributed by atoms with Gasteiger partial charge in [0.25, 0.3) is 0 Å². The molecule has 0 heterocycles. The van der Waals surface area contributed by atoms with Crippen molar-refractivity contribution in [2.24, 2.45) is 0 Å². The van der Waals surface area contributed by atoms with Gasteiger partial charge in [0.2, 0.25) is 0 Å². The maximum Gasteiger partial charge on any atom is 0.457 e. The summed E-state index contributed by atoms with van der Waals surface area (Å²) in [6, 6.07) is 9.07. The minimum absolute atomic E-state index is 0.696. The zero-order chi connectivity index (χ0) is 16.6. The first-order valence-electron chi connectivity index (χ1n) is 6.10. The van der Waals surface area contributed by atoms with Crippen molar-refractivity contribution in [2.75, 3.05) is 0 Å². The molecule has 0 bridgehead atoms. The van der Waals surface area contributed by atoms with Gasteiger partial charge >= 0.3 is 12.1 Å². The molecule has 0 aliphatic carbocycles. The van der Waals surface area contributed by atoms with E-state index >= 15 is 0 Å². The second-order valence-electron chi connectivity index (χ2n) is 4.63. The maximum absolute atomic E-state index is 14.0. The monoisotopic (exact) mass is 320 g/mol. The van der Waals surface area contributed by atoms with Crippen LogP contribution in [0.1, 0.15) is 11.1 Å². The Hall–Kier alpha value is -2.02. The second kappa shape index (κ2) is 5.31. The van der Waals surface area contributed by atoms with Crippen LogP contribution in [0, 0.1) is 5.82 Å². The number of alkyl halides is 5. The van der Waals surface area contributed by atoms with E-state index in [1.807, 2.05) is 0 Å². The Morgan fingerprint density at radius 2 is 1.23 bits per heavy atom. The highest BCUT2D eigenvalue weighted by molar-refractivity contribution is 5.40. The number of halogens is 6. The van der Waals surface area contributed by atoms with Crippen LogP contribution in [0.4, 0.5) is 26.3 Å². The molecule has 0 amide bonds. The highest BCUT2D eigenvalue weighted by Crippen LogP contribution is 2.52. The van der Waals surface area contributed by atoms with Crippen LogP contribution < -0.4 is 0 Å². The normalized spacial score (nSPS) is 15.4. The van der Waals surface area contributed by atoms with E-state index in [1.54, 1.807) is 0 Å². The van der Waals surface area contributed by atoms with Crippen LogP contribution in [-0.4, -0.2) is 17.2 Å². The van der Waals surface area contributed by atoms with Gasteiger partial charge in [-0.05, 0) is 11.6 Å². The van der Waals surface area contributed by atoms with Crippen molar-refractivity contribution < 1.29 is 31.4 Å². The quantitative estimate of drug-likeness (QED) is 0.838. The van der Waals surface area contributed by atoms with Crippen LogP contribution >= 0.6 is 0 Å². The molecule has 0 aliphatic rings. The van der Waals surface area contributed by atoms with Crippen LogP contribution in [-0.2, 0) is 5.60 Å². The van der Waals surface area contributed by atoms with Crippen molar-refractivity contribution in [3.63, 3.8) is 0 Å². The predicted molar refractivity (Wildman–Crippen MR) is 66.8 cm³/mol. The zero-order valence-electron chi connectivity index (χ0n) is 10.9. The van der Waals surface area contributed by atoms with E-state index in [-0.39, 0.29) is 0 Å². The van der Waals surface area contributed by atoms with Crippen molar-refractivity contribution in [1.29, 1.82) is 0 Å². The molecular formula is C15H10F6O. The van der Waals surface area contributed by atoms with Crippen LogP contribution in [0.2, 0.25) is 0 Å². The van der Waals surface area contributed by atoms with Gasteiger partial charge in [-0.1, -0.05) is 48.5 Å². The van der Waals surface area contributed by atoms with E-state index in [9.17, 15) is 31.4 Å². The van der Waals surface area contributed by atoms with E-state index in [2.05, 4.69) is 0 Å². The molecule has 1 N–H and O–H groups in total. The molecule has 0 spiro atoms. The first-order valence-corrected chi connectivity index (χ1v) is 6.10. The van der Waals surface area contributed by atoms with Crippen molar-refractivity contribution in [3.05, 3.63) is 71.5 Å². The summed E-state index contributed by atoms with van der Waals surface area (Å²) in [5.41, 5.74) is -5.79. The number of aliphatic hydroxyl groups is 1. The number of rotatable bonds is 3. The molecule has 1 atom stereocenters. The molecule has 0 saturated carbocycles. The summed E-state index contributed by atoms with van der Waals surface area (Å²) in [6.45, 7) is 0. The highest BCUT2D eigenvalue weighted by Gasteiger charge is 2.71. The molecule has 22 heavy (non-hydrogen) atoms. The Morgan fingerprint density at radius 1 is 0.727 bits per heavy atom. The minimum atomic E-state index is -6.07. The molecule has 1 nitrogen and oxygen atoms in total. The fourth-order valence-electron chi connectivity index (χ4n) is 2.15. The standard InChI is InChI=1S/C15H10F6O/c16-12-9-5-4-8-11(12)13(22,10-6-2-1-3-7-10)14(17,18)15(19,20)21/h1-9,22H. The average molecular weight is 320 g/mol. The van der Waals surface area contributed by atoms with E-state index in [4.69, 9.17) is 0 Å². The van der Waals surface area contributed by atoms with Crippen molar-refractivity contribution in [2.45, 2.75) is 17.7 Å². The predicted octanol–water partition coefficient (Wildman–Crippen LogP) is 4.26. The summed E-state index contributed by atoms with van der Waals surface area (Å²) >= 11 is 0. The van der Waals surface area contributed by atoms with E-state index in [0.29, 0.717) is 12.1 Å². The molecule has 0 saturated heterocycles. The van der Waals surface area contributed by atoms with Crippen molar-refractivity contribution >= 4 is 0 Å². The third kappa shape index (κ3) is 2.35. The SMILES string of the molecule is OC(c1ccccc1)(c1ccccc1F)C(F)(F)C(F)(F)F. The molecule has 0 radical (unpaired) electrons. The first kappa shape index (κ1) is 16.4. The summed E-state index contributed by atoms with van der Waals surface area (Å²) in [4.78, 5) is 0. The molecule has 0 aliphatic heterocycles. The maximum atomic E-state index is 14.0. The number of benzene rings is 2.